The van der Waals surface area contributed by atoms with Crippen LogP contribution >= 0.6 is 11.3 Å². The maximum atomic E-state index is 13.7. The molecule has 2 aliphatic rings. The van der Waals surface area contributed by atoms with Crippen LogP contribution < -0.4 is 29.1 Å². The number of carbonyl (C=O) groups excluding carboxylic acids is 1. The number of aromatic nitrogens is 1. The molecule has 0 amide bonds. The molecule has 0 radical (unpaired) electrons. The molecule has 0 bridgehead atoms. The van der Waals surface area contributed by atoms with E-state index >= 15 is 0 Å². The Balaban J connectivity index is 1.60. The largest absolute Gasteiger partial charge is 0.482 e. The van der Waals surface area contributed by atoms with Gasteiger partial charge in [-0.1, -0.05) is 29.5 Å². The van der Waals surface area contributed by atoms with E-state index in [-0.39, 0.29) is 24.5 Å². The van der Waals surface area contributed by atoms with Gasteiger partial charge in [0.05, 0.1) is 28.5 Å². The van der Waals surface area contributed by atoms with E-state index < -0.39 is 24.6 Å². The Morgan fingerprint density at radius 3 is 2.68 bits per heavy atom. The number of carbonyl (C=O) groups is 2. The van der Waals surface area contributed by atoms with Gasteiger partial charge in [0.15, 0.2) is 22.9 Å². The molecular weight excluding hydrogens is 500 g/mol. The first-order valence-electron chi connectivity index (χ1n) is 11.4. The third kappa shape index (κ3) is 4.73. The van der Waals surface area contributed by atoms with E-state index in [2.05, 4.69) is 4.99 Å². The van der Waals surface area contributed by atoms with Crippen LogP contribution in [0.1, 0.15) is 31.0 Å². The first kappa shape index (κ1) is 24.3. The predicted octanol–water partition coefficient (Wildman–Crippen LogP) is 1.99. The summed E-state index contributed by atoms with van der Waals surface area (Å²) in [5, 5.41) is 8.76. The Morgan fingerprint density at radius 2 is 1.95 bits per heavy atom. The maximum Gasteiger partial charge on any atom is 0.341 e. The highest BCUT2D eigenvalue weighted by molar-refractivity contribution is 7.07. The van der Waals surface area contributed by atoms with E-state index in [1.807, 2.05) is 0 Å². The van der Waals surface area contributed by atoms with Crippen LogP contribution in [0.2, 0.25) is 0 Å². The molecule has 2 aromatic carbocycles. The molecular formula is C26H22N2O8S. The van der Waals surface area contributed by atoms with Crippen LogP contribution in [0.25, 0.3) is 6.08 Å². The molecule has 11 heteroatoms. The average Bonchev–Trinajstić information content (AvgIpc) is 3.46. The van der Waals surface area contributed by atoms with Crippen molar-refractivity contribution in [3.05, 3.63) is 84.5 Å². The normalized spacial score (nSPS) is 16.3. The summed E-state index contributed by atoms with van der Waals surface area (Å²) in [6, 6.07) is 11.2. The summed E-state index contributed by atoms with van der Waals surface area (Å²) in [7, 11) is 0. The minimum atomic E-state index is -1.07. The molecule has 1 atom stereocenters. The molecule has 0 aliphatic carbocycles. The molecule has 0 unspecified atom stereocenters. The molecule has 1 N–H and O–H groups in total. The summed E-state index contributed by atoms with van der Waals surface area (Å²) in [5.74, 6) is -0.0936. The lowest BCUT2D eigenvalue weighted by Crippen LogP contribution is -2.39. The van der Waals surface area contributed by atoms with Crippen molar-refractivity contribution in [1.29, 1.82) is 0 Å². The highest BCUT2D eigenvalue weighted by Gasteiger charge is 2.34. The molecule has 190 valence electrons. The lowest BCUT2D eigenvalue weighted by atomic mass is 9.95. The van der Waals surface area contributed by atoms with Crippen molar-refractivity contribution in [2.24, 2.45) is 4.99 Å². The van der Waals surface area contributed by atoms with Gasteiger partial charge in [-0.15, -0.1) is 0 Å². The summed E-state index contributed by atoms with van der Waals surface area (Å²) in [5.41, 5.74) is 1.81. The number of hydrogen-bond acceptors (Lipinski definition) is 9. The quantitative estimate of drug-likeness (QED) is 0.467. The monoisotopic (exact) mass is 522 g/mol. The van der Waals surface area contributed by atoms with Gasteiger partial charge in [0.1, 0.15) is 5.75 Å². The number of benzene rings is 2. The van der Waals surface area contributed by atoms with Crippen molar-refractivity contribution in [3.63, 3.8) is 0 Å². The van der Waals surface area contributed by atoms with Crippen molar-refractivity contribution in [1.82, 2.24) is 4.57 Å². The zero-order chi connectivity index (χ0) is 26.1. The van der Waals surface area contributed by atoms with Crippen molar-refractivity contribution in [3.8, 4) is 17.2 Å². The van der Waals surface area contributed by atoms with Gasteiger partial charge in [-0.2, -0.15) is 0 Å². The lowest BCUT2D eigenvalue weighted by Gasteiger charge is -2.24. The predicted molar refractivity (Wildman–Crippen MR) is 133 cm³/mol. The maximum absolute atomic E-state index is 13.7. The summed E-state index contributed by atoms with van der Waals surface area (Å²) in [6.45, 7) is 3.27. The number of aliphatic carboxylic acids is 1. The number of carboxylic acids is 1. The number of carboxylic acid groups (broad SMARTS) is 1. The van der Waals surface area contributed by atoms with Crippen LogP contribution in [0.4, 0.5) is 0 Å². The first-order valence-corrected chi connectivity index (χ1v) is 12.2. The van der Waals surface area contributed by atoms with Crippen LogP contribution in [-0.2, 0) is 14.3 Å². The van der Waals surface area contributed by atoms with E-state index in [0.717, 1.165) is 0 Å². The highest BCUT2D eigenvalue weighted by atomic mass is 32.1. The van der Waals surface area contributed by atoms with Gasteiger partial charge >= 0.3 is 11.9 Å². The third-order valence-electron chi connectivity index (χ3n) is 5.77. The Morgan fingerprint density at radius 1 is 1.19 bits per heavy atom. The number of ether oxygens (including phenoxy) is 4. The molecule has 1 aromatic heterocycles. The summed E-state index contributed by atoms with van der Waals surface area (Å²) < 4.78 is 23.3. The fourth-order valence-corrected chi connectivity index (χ4v) is 5.19. The number of fused-ring (bicyclic) bond motifs is 2. The van der Waals surface area contributed by atoms with Gasteiger partial charge in [-0.05, 0) is 55.3 Å². The van der Waals surface area contributed by atoms with E-state index in [0.29, 0.717) is 43.4 Å². The molecule has 10 nitrogen and oxygen atoms in total. The highest BCUT2D eigenvalue weighted by Crippen LogP contribution is 2.38. The van der Waals surface area contributed by atoms with Crippen molar-refractivity contribution in [2.75, 3.05) is 20.0 Å². The molecule has 0 saturated heterocycles. The molecule has 0 fully saturated rings. The number of esters is 1. The summed E-state index contributed by atoms with van der Waals surface area (Å²) in [4.78, 5) is 42.4. The average molecular weight is 523 g/mol. The fourth-order valence-electron chi connectivity index (χ4n) is 4.15. The molecule has 0 spiro atoms. The Hall–Kier alpha value is -4.38. The number of allylic oxidation sites excluding steroid dienone is 1. The SMILES string of the molecule is CCOC(=O)C1=C(C)N=c2s/c(=C/c3ccc(OCC(=O)O)cc3)c(=O)n2[C@H]1c1ccc2c(c1)OCO2. The van der Waals surface area contributed by atoms with Crippen LogP contribution in [0, 0.1) is 0 Å². The Bertz CT molecular complexity index is 1600. The number of hydrogen-bond donors (Lipinski definition) is 1. The van der Waals surface area contributed by atoms with E-state index in [9.17, 15) is 14.4 Å². The van der Waals surface area contributed by atoms with E-state index in [1.165, 1.54) is 15.9 Å². The van der Waals surface area contributed by atoms with Gasteiger partial charge in [0.25, 0.3) is 5.56 Å². The second-order valence-corrected chi connectivity index (χ2v) is 9.18. The zero-order valence-corrected chi connectivity index (χ0v) is 20.7. The first-order chi connectivity index (χ1) is 17.9. The molecule has 37 heavy (non-hydrogen) atoms. The smallest absolute Gasteiger partial charge is 0.341 e. The minimum Gasteiger partial charge on any atom is -0.482 e. The fraction of sp³-hybridized carbons (Fsp3) is 0.231. The van der Waals surface area contributed by atoms with Crippen molar-refractivity contribution < 1.29 is 33.6 Å². The summed E-state index contributed by atoms with van der Waals surface area (Å²) >= 11 is 1.21. The lowest BCUT2D eigenvalue weighted by molar-refractivity contribution is -0.140. The number of nitrogens with zero attached hydrogens (tertiary/aromatic N) is 2. The second-order valence-electron chi connectivity index (χ2n) is 8.17. The van der Waals surface area contributed by atoms with E-state index in [1.54, 1.807) is 62.4 Å². The third-order valence-corrected chi connectivity index (χ3v) is 6.75. The molecule has 2 aliphatic heterocycles. The van der Waals surface area contributed by atoms with Crippen LogP contribution in [0.5, 0.6) is 17.2 Å². The van der Waals surface area contributed by atoms with Gasteiger partial charge in [-0.3, -0.25) is 9.36 Å². The standard InChI is InChI=1S/C26H22N2O8S/c1-3-33-25(32)22-14(2)27-26-28(23(22)16-6-9-18-19(11-16)36-13-35-18)24(31)20(37-26)10-15-4-7-17(8-5-15)34-12-21(29)30/h4-11,23H,3,12-13H2,1-2H3,(H,29,30)/b20-10+/t23-/m0/s1. The van der Waals surface area contributed by atoms with Gasteiger partial charge in [0.2, 0.25) is 6.79 Å². The number of thiazole rings is 1. The molecule has 3 aromatic rings. The number of rotatable bonds is 7. The topological polar surface area (TPSA) is 126 Å². The molecule has 5 rings (SSSR count). The van der Waals surface area contributed by atoms with Crippen LogP contribution in [-0.4, -0.2) is 41.6 Å². The molecule has 3 heterocycles. The minimum absolute atomic E-state index is 0.0985. The Kier molecular flexibility index (Phi) is 6.53. The van der Waals surface area contributed by atoms with Crippen LogP contribution in [0.3, 0.4) is 0 Å². The van der Waals surface area contributed by atoms with Crippen molar-refractivity contribution in [2.45, 2.75) is 19.9 Å². The second kappa shape index (κ2) is 9.94. The van der Waals surface area contributed by atoms with Gasteiger partial charge < -0.3 is 24.1 Å². The van der Waals surface area contributed by atoms with Crippen LogP contribution in [0.15, 0.2) is 63.5 Å². The van der Waals surface area contributed by atoms with Gasteiger partial charge in [0, 0.05) is 0 Å². The molecule has 0 saturated carbocycles. The zero-order valence-electron chi connectivity index (χ0n) is 19.9. The van der Waals surface area contributed by atoms with Crippen molar-refractivity contribution >= 4 is 29.4 Å². The van der Waals surface area contributed by atoms with Gasteiger partial charge in [-0.25, -0.2) is 14.6 Å². The van der Waals surface area contributed by atoms with E-state index in [4.69, 9.17) is 24.1 Å². The Labute approximate surface area is 214 Å². The summed E-state index contributed by atoms with van der Waals surface area (Å²) in [6.07, 6.45) is 1.71.